The van der Waals surface area contributed by atoms with Crippen LogP contribution >= 0.6 is 11.6 Å². The Labute approximate surface area is 168 Å². The van der Waals surface area contributed by atoms with Crippen LogP contribution in [0, 0.1) is 0 Å². The standard InChI is InChI=1S/C22H20ClNO4/c1-15(27-19-10-6-9-18(14-19)26-2)22(25)24-20-13-16(23)11-12-21(20)28-17-7-4-3-5-8-17/h3-15H,1-2H3,(H,24,25)/t15-/m0/s1. The zero-order chi connectivity index (χ0) is 19.9. The lowest BCUT2D eigenvalue weighted by atomic mass is 10.2. The molecule has 28 heavy (non-hydrogen) atoms. The molecule has 1 amide bonds. The highest BCUT2D eigenvalue weighted by atomic mass is 35.5. The van der Waals surface area contributed by atoms with Gasteiger partial charge < -0.3 is 19.5 Å². The quantitative estimate of drug-likeness (QED) is 0.568. The Balaban J connectivity index is 1.72. The van der Waals surface area contributed by atoms with E-state index in [0.29, 0.717) is 33.7 Å². The second-order valence-electron chi connectivity index (χ2n) is 5.98. The lowest BCUT2D eigenvalue weighted by molar-refractivity contribution is -0.122. The molecule has 5 nitrogen and oxygen atoms in total. The summed E-state index contributed by atoms with van der Waals surface area (Å²) < 4.78 is 16.7. The van der Waals surface area contributed by atoms with E-state index in [9.17, 15) is 4.79 Å². The summed E-state index contributed by atoms with van der Waals surface area (Å²) in [6.45, 7) is 1.66. The molecule has 3 aromatic rings. The number of hydrogen-bond acceptors (Lipinski definition) is 4. The second kappa shape index (κ2) is 9.15. The van der Waals surface area contributed by atoms with E-state index in [1.54, 1.807) is 56.5 Å². The number of hydrogen-bond donors (Lipinski definition) is 1. The first-order valence-corrected chi connectivity index (χ1v) is 9.07. The molecule has 0 spiro atoms. The highest BCUT2D eigenvalue weighted by Gasteiger charge is 2.18. The maximum atomic E-state index is 12.6. The fourth-order valence-corrected chi connectivity index (χ4v) is 2.64. The summed E-state index contributed by atoms with van der Waals surface area (Å²) in [5, 5.41) is 3.30. The molecule has 0 bridgehead atoms. The molecule has 1 atom stereocenters. The molecule has 1 N–H and O–H groups in total. The predicted octanol–water partition coefficient (Wildman–Crippen LogP) is 5.55. The smallest absolute Gasteiger partial charge is 0.265 e. The van der Waals surface area contributed by atoms with E-state index < -0.39 is 6.10 Å². The zero-order valence-corrected chi connectivity index (χ0v) is 16.3. The molecule has 0 aliphatic rings. The zero-order valence-electron chi connectivity index (χ0n) is 15.5. The van der Waals surface area contributed by atoms with Crippen LogP contribution in [0.3, 0.4) is 0 Å². The lowest BCUT2D eigenvalue weighted by Gasteiger charge is -2.17. The van der Waals surface area contributed by atoms with Crippen molar-refractivity contribution in [1.82, 2.24) is 0 Å². The SMILES string of the molecule is COc1cccc(O[C@@H](C)C(=O)Nc2cc(Cl)ccc2Oc2ccccc2)c1. The van der Waals surface area contributed by atoms with E-state index in [2.05, 4.69) is 5.32 Å². The third kappa shape index (κ3) is 5.18. The average Bonchev–Trinajstić information content (AvgIpc) is 2.71. The fraction of sp³-hybridized carbons (Fsp3) is 0.136. The topological polar surface area (TPSA) is 56.8 Å². The number of anilines is 1. The Kier molecular flexibility index (Phi) is 6.40. The highest BCUT2D eigenvalue weighted by Crippen LogP contribution is 2.32. The Bertz CT molecular complexity index is 946. The van der Waals surface area contributed by atoms with E-state index in [-0.39, 0.29) is 5.91 Å². The van der Waals surface area contributed by atoms with Crippen molar-refractivity contribution >= 4 is 23.2 Å². The van der Waals surface area contributed by atoms with E-state index >= 15 is 0 Å². The van der Waals surface area contributed by atoms with Crippen molar-refractivity contribution in [3.05, 3.63) is 77.8 Å². The third-order valence-electron chi connectivity index (χ3n) is 3.89. The summed E-state index contributed by atoms with van der Waals surface area (Å²) in [6.07, 6.45) is -0.740. The van der Waals surface area contributed by atoms with E-state index in [0.717, 1.165) is 0 Å². The van der Waals surface area contributed by atoms with Crippen molar-refractivity contribution in [2.45, 2.75) is 13.0 Å². The maximum absolute atomic E-state index is 12.6. The van der Waals surface area contributed by atoms with Gasteiger partial charge in [0.1, 0.15) is 17.2 Å². The molecule has 0 fully saturated rings. The van der Waals surface area contributed by atoms with E-state index in [4.69, 9.17) is 25.8 Å². The largest absolute Gasteiger partial charge is 0.497 e. The van der Waals surface area contributed by atoms with Crippen molar-refractivity contribution < 1.29 is 19.0 Å². The average molecular weight is 398 g/mol. The fourth-order valence-electron chi connectivity index (χ4n) is 2.47. The van der Waals surface area contributed by atoms with Crippen LogP contribution in [0.4, 0.5) is 5.69 Å². The first-order valence-electron chi connectivity index (χ1n) is 8.69. The first kappa shape index (κ1) is 19.6. The number of ether oxygens (including phenoxy) is 3. The van der Waals surface area contributed by atoms with Gasteiger partial charge in [0, 0.05) is 11.1 Å². The summed E-state index contributed by atoms with van der Waals surface area (Å²) in [5.41, 5.74) is 0.461. The normalized spacial score (nSPS) is 11.4. The van der Waals surface area contributed by atoms with Crippen molar-refractivity contribution in [3.63, 3.8) is 0 Å². The minimum Gasteiger partial charge on any atom is -0.497 e. The van der Waals surface area contributed by atoms with Crippen molar-refractivity contribution in [3.8, 4) is 23.0 Å². The van der Waals surface area contributed by atoms with Gasteiger partial charge in [0.2, 0.25) is 0 Å². The van der Waals surface area contributed by atoms with Crippen molar-refractivity contribution in [2.24, 2.45) is 0 Å². The lowest BCUT2D eigenvalue weighted by Crippen LogP contribution is -2.30. The van der Waals surface area contributed by atoms with Gasteiger partial charge in [-0.3, -0.25) is 4.79 Å². The second-order valence-corrected chi connectivity index (χ2v) is 6.42. The number of carbonyl (C=O) groups is 1. The summed E-state index contributed by atoms with van der Waals surface area (Å²) in [4.78, 5) is 12.6. The molecule has 0 unspecified atom stereocenters. The molecule has 0 aliphatic heterocycles. The van der Waals surface area contributed by atoms with Gasteiger partial charge in [-0.25, -0.2) is 0 Å². The van der Waals surface area contributed by atoms with Gasteiger partial charge in [0.05, 0.1) is 12.8 Å². The summed E-state index contributed by atoms with van der Waals surface area (Å²) in [6, 6.07) is 21.4. The Morgan fingerprint density at radius 1 is 0.929 bits per heavy atom. The van der Waals surface area contributed by atoms with Crippen LogP contribution in [0.5, 0.6) is 23.0 Å². The van der Waals surface area contributed by atoms with Crippen LogP contribution in [0.25, 0.3) is 0 Å². The van der Waals surface area contributed by atoms with Crippen LogP contribution in [0.2, 0.25) is 5.02 Å². The first-order chi connectivity index (χ1) is 13.5. The molecule has 0 heterocycles. The molecular formula is C22H20ClNO4. The van der Waals surface area contributed by atoms with E-state index in [1.165, 1.54) is 0 Å². The molecule has 0 aromatic heterocycles. The van der Waals surface area contributed by atoms with E-state index in [1.807, 2.05) is 30.3 Å². The number of carbonyl (C=O) groups excluding carboxylic acids is 1. The molecule has 0 aliphatic carbocycles. The predicted molar refractivity (Wildman–Crippen MR) is 110 cm³/mol. The Morgan fingerprint density at radius 3 is 2.39 bits per heavy atom. The van der Waals surface area contributed by atoms with Gasteiger partial charge in [-0.05, 0) is 49.4 Å². The molecule has 3 rings (SSSR count). The van der Waals surface area contributed by atoms with Gasteiger partial charge in [-0.1, -0.05) is 35.9 Å². The van der Waals surface area contributed by atoms with Gasteiger partial charge in [0.25, 0.3) is 5.91 Å². The molecular weight excluding hydrogens is 378 g/mol. The molecule has 0 saturated heterocycles. The van der Waals surface area contributed by atoms with Gasteiger partial charge in [-0.15, -0.1) is 0 Å². The number of para-hydroxylation sites is 1. The minimum atomic E-state index is -0.740. The van der Waals surface area contributed by atoms with Crippen LogP contribution in [-0.2, 0) is 4.79 Å². The van der Waals surface area contributed by atoms with Crippen LogP contribution in [-0.4, -0.2) is 19.1 Å². The van der Waals surface area contributed by atoms with Crippen molar-refractivity contribution in [2.75, 3.05) is 12.4 Å². The number of methoxy groups -OCH3 is 1. The highest BCUT2D eigenvalue weighted by molar-refractivity contribution is 6.31. The van der Waals surface area contributed by atoms with Crippen LogP contribution in [0.1, 0.15) is 6.92 Å². The van der Waals surface area contributed by atoms with Crippen LogP contribution in [0.15, 0.2) is 72.8 Å². The van der Waals surface area contributed by atoms with Gasteiger partial charge in [0.15, 0.2) is 11.9 Å². The van der Waals surface area contributed by atoms with Gasteiger partial charge in [-0.2, -0.15) is 0 Å². The Hall–Kier alpha value is -3.18. The molecule has 3 aromatic carbocycles. The molecule has 0 radical (unpaired) electrons. The number of rotatable bonds is 7. The Morgan fingerprint density at radius 2 is 1.64 bits per heavy atom. The maximum Gasteiger partial charge on any atom is 0.265 e. The summed E-state index contributed by atoms with van der Waals surface area (Å²) in [5.74, 6) is 1.99. The summed E-state index contributed by atoms with van der Waals surface area (Å²) in [7, 11) is 1.57. The number of amides is 1. The van der Waals surface area contributed by atoms with Gasteiger partial charge >= 0.3 is 0 Å². The molecule has 144 valence electrons. The third-order valence-corrected chi connectivity index (χ3v) is 4.13. The molecule has 0 saturated carbocycles. The molecule has 6 heteroatoms. The monoisotopic (exact) mass is 397 g/mol. The van der Waals surface area contributed by atoms with Crippen LogP contribution < -0.4 is 19.5 Å². The van der Waals surface area contributed by atoms with Crippen molar-refractivity contribution in [1.29, 1.82) is 0 Å². The summed E-state index contributed by atoms with van der Waals surface area (Å²) >= 11 is 6.09. The number of halogens is 1. The number of nitrogens with one attached hydrogen (secondary N) is 1. The minimum absolute atomic E-state index is 0.331. The number of benzene rings is 3.